The highest BCUT2D eigenvalue weighted by Crippen LogP contribution is 2.67. The number of aryl methyl sites for hydroxylation is 1. The largest absolute Gasteiger partial charge is 0.514 e. The molecule has 3 nitrogen and oxygen atoms in total. The van der Waals surface area contributed by atoms with Gasteiger partial charge in [0.05, 0.1) is 0 Å². The van der Waals surface area contributed by atoms with Crippen molar-refractivity contribution in [3.8, 4) is 5.75 Å². The van der Waals surface area contributed by atoms with Gasteiger partial charge in [0.1, 0.15) is 11.9 Å². The van der Waals surface area contributed by atoms with E-state index in [-0.39, 0.29) is 11.5 Å². The number of benzene rings is 1. The van der Waals surface area contributed by atoms with Crippen LogP contribution in [0.2, 0.25) is 0 Å². The van der Waals surface area contributed by atoms with Crippen LogP contribution in [0.25, 0.3) is 0 Å². The number of carbonyl (C=O) groups is 1. The molecule has 0 aromatic heterocycles. The molecule has 5 rings (SSSR count). The van der Waals surface area contributed by atoms with Crippen molar-refractivity contribution in [3.05, 3.63) is 41.5 Å². The molecule has 258 valence electrons. The molecule has 0 amide bonds. The SMILES string of the molecule is CCCCCCCCCc1ccc(OC(=O)O[C@H]2CC[C@@]3(C)C(=CC[C@@H]4[C@H]3CC[C@]3(C)[C@@H]([C@H](C)CCCC(C)C)CC[C@@H]43)C2)cc1. The van der Waals surface area contributed by atoms with Crippen molar-refractivity contribution >= 4 is 6.16 Å². The molecule has 0 radical (unpaired) electrons. The highest BCUT2D eigenvalue weighted by molar-refractivity contribution is 5.64. The Labute approximate surface area is 283 Å². The van der Waals surface area contributed by atoms with E-state index in [1.165, 1.54) is 102 Å². The second kappa shape index (κ2) is 16.1. The predicted octanol–water partition coefficient (Wildman–Crippen LogP) is 12.9. The monoisotopic (exact) mass is 633 g/mol. The van der Waals surface area contributed by atoms with Gasteiger partial charge in [-0.3, -0.25) is 0 Å². The van der Waals surface area contributed by atoms with E-state index in [1.54, 1.807) is 5.57 Å². The average Bonchev–Trinajstić information content (AvgIpc) is 3.38. The van der Waals surface area contributed by atoms with E-state index in [0.29, 0.717) is 11.2 Å². The Hall–Kier alpha value is -1.77. The Balaban J connectivity index is 1.09. The number of hydrogen-bond donors (Lipinski definition) is 0. The number of ether oxygens (including phenoxy) is 2. The van der Waals surface area contributed by atoms with Crippen molar-refractivity contribution in [1.82, 2.24) is 0 Å². The molecular formula is C43H68O3. The first-order valence-electron chi connectivity index (χ1n) is 19.8. The first kappa shape index (κ1) is 35.5. The maximum atomic E-state index is 12.8. The minimum absolute atomic E-state index is 0.0728. The van der Waals surface area contributed by atoms with Gasteiger partial charge >= 0.3 is 6.16 Å². The van der Waals surface area contributed by atoms with Gasteiger partial charge in [-0.1, -0.05) is 123 Å². The Morgan fingerprint density at radius 1 is 0.848 bits per heavy atom. The molecule has 1 aromatic rings. The highest BCUT2D eigenvalue weighted by atomic mass is 16.7. The van der Waals surface area contributed by atoms with Crippen LogP contribution >= 0.6 is 0 Å². The number of rotatable bonds is 15. The minimum atomic E-state index is -0.546. The fourth-order valence-electron chi connectivity index (χ4n) is 11.0. The molecule has 3 saturated carbocycles. The van der Waals surface area contributed by atoms with Gasteiger partial charge in [-0.25, -0.2) is 4.79 Å². The summed E-state index contributed by atoms with van der Waals surface area (Å²) in [6.45, 7) is 14.8. The lowest BCUT2D eigenvalue weighted by Crippen LogP contribution is -2.51. The summed E-state index contributed by atoms with van der Waals surface area (Å²) in [7, 11) is 0. The normalized spacial score (nSPS) is 32.7. The van der Waals surface area contributed by atoms with Crippen LogP contribution in [-0.4, -0.2) is 12.3 Å². The molecule has 46 heavy (non-hydrogen) atoms. The Morgan fingerprint density at radius 3 is 2.33 bits per heavy atom. The number of hydrogen-bond acceptors (Lipinski definition) is 3. The summed E-state index contributed by atoms with van der Waals surface area (Å²) in [4.78, 5) is 12.8. The predicted molar refractivity (Wildman–Crippen MR) is 192 cm³/mol. The molecule has 4 aliphatic rings. The Morgan fingerprint density at radius 2 is 1.59 bits per heavy atom. The molecule has 0 N–H and O–H groups in total. The maximum Gasteiger partial charge on any atom is 0.514 e. The van der Waals surface area contributed by atoms with Gasteiger partial charge in [0.25, 0.3) is 0 Å². The third-order valence-electron chi connectivity index (χ3n) is 13.7. The van der Waals surface area contributed by atoms with E-state index >= 15 is 0 Å². The molecule has 0 unspecified atom stereocenters. The average molecular weight is 633 g/mol. The summed E-state index contributed by atoms with van der Waals surface area (Å²) in [5.74, 6) is 5.67. The first-order chi connectivity index (χ1) is 22.1. The van der Waals surface area contributed by atoms with Crippen molar-refractivity contribution in [1.29, 1.82) is 0 Å². The number of allylic oxidation sites excluding steroid dienone is 1. The third-order valence-corrected chi connectivity index (χ3v) is 13.7. The molecular weight excluding hydrogens is 564 g/mol. The van der Waals surface area contributed by atoms with Gasteiger partial charge in [0.2, 0.25) is 0 Å². The number of carbonyl (C=O) groups excluding carboxylic acids is 1. The molecule has 0 saturated heterocycles. The molecule has 0 bridgehead atoms. The second-order valence-corrected chi connectivity index (χ2v) is 17.1. The van der Waals surface area contributed by atoms with Crippen LogP contribution in [0, 0.1) is 46.3 Å². The van der Waals surface area contributed by atoms with Gasteiger partial charge < -0.3 is 9.47 Å². The van der Waals surface area contributed by atoms with Gasteiger partial charge in [-0.2, -0.15) is 0 Å². The van der Waals surface area contributed by atoms with Crippen LogP contribution < -0.4 is 4.74 Å². The van der Waals surface area contributed by atoms with Crippen LogP contribution in [0.15, 0.2) is 35.9 Å². The van der Waals surface area contributed by atoms with Crippen molar-refractivity contribution in [2.75, 3.05) is 0 Å². The Kier molecular flexibility index (Phi) is 12.4. The number of unbranched alkanes of at least 4 members (excludes halogenated alkanes) is 6. The number of fused-ring (bicyclic) bond motifs is 5. The zero-order chi connectivity index (χ0) is 32.7. The van der Waals surface area contributed by atoms with Crippen molar-refractivity contribution in [3.63, 3.8) is 0 Å². The fourth-order valence-corrected chi connectivity index (χ4v) is 11.0. The summed E-state index contributed by atoms with van der Waals surface area (Å²) >= 11 is 0. The summed E-state index contributed by atoms with van der Waals surface area (Å²) in [6, 6.07) is 8.06. The molecule has 8 atom stereocenters. The zero-order valence-corrected chi connectivity index (χ0v) is 30.6. The summed E-state index contributed by atoms with van der Waals surface area (Å²) in [5, 5.41) is 0. The van der Waals surface area contributed by atoms with Gasteiger partial charge in [-0.05, 0) is 122 Å². The second-order valence-electron chi connectivity index (χ2n) is 17.1. The summed E-state index contributed by atoms with van der Waals surface area (Å²) in [5.41, 5.74) is 3.67. The maximum absolute atomic E-state index is 12.8. The summed E-state index contributed by atoms with van der Waals surface area (Å²) < 4.78 is 11.6. The molecule has 4 aliphatic carbocycles. The topological polar surface area (TPSA) is 35.5 Å². The lowest BCUT2D eigenvalue weighted by molar-refractivity contribution is -0.0597. The molecule has 0 spiro atoms. The zero-order valence-electron chi connectivity index (χ0n) is 30.6. The van der Waals surface area contributed by atoms with Crippen molar-refractivity contribution in [2.24, 2.45) is 46.3 Å². The molecule has 3 heteroatoms. The van der Waals surface area contributed by atoms with Crippen LogP contribution in [0.5, 0.6) is 5.75 Å². The summed E-state index contributed by atoms with van der Waals surface area (Å²) in [6.07, 6.45) is 26.4. The van der Waals surface area contributed by atoms with E-state index in [9.17, 15) is 4.79 Å². The fraction of sp³-hybridized carbons (Fsp3) is 0.791. The highest BCUT2D eigenvalue weighted by Gasteiger charge is 2.59. The van der Waals surface area contributed by atoms with E-state index in [0.717, 1.165) is 61.2 Å². The standard InChI is InChI=1S/C43H68O3/c1-7-8-9-10-11-12-13-17-33-18-21-35(22-19-33)45-41(44)46-36-26-28-42(5)34(30-36)20-23-37-39-25-24-38(32(4)16-14-15-31(2)3)43(39,6)29-27-40(37)42/h18-22,31-32,36-40H,7-17,23-30H2,1-6H3/t32-,36+,37+,38-,39+,40-,42+,43-/m1/s1. The molecule has 0 heterocycles. The van der Waals surface area contributed by atoms with Crippen LogP contribution in [0.3, 0.4) is 0 Å². The quantitative estimate of drug-likeness (QED) is 0.0835. The van der Waals surface area contributed by atoms with E-state index in [1.807, 2.05) is 12.1 Å². The molecule has 3 fully saturated rings. The molecule has 1 aromatic carbocycles. The van der Waals surface area contributed by atoms with E-state index < -0.39 is 6.16 Å². The minimum Gasteiger partial charge on any atom is -0.430 e. The van der Waals surface area contributed by atoms with Gasteiger partial charge in [0.15, 0.2) is 0 Å². The lowest BCUT2D eigenvalue weighted by Gasteiger charge is -2.58. The van der Waals surface area contributed by atoms with Crippen molar-refractivity contribution < 1.29 is 14.3 Å². The smallest absolute Gasteiger partial charge is 0.430 e. The molecule has 0 aliphatic heterocycles. The van der Waals surface area contributed by atoms with Crippen LogP contribution in [0.1, 0.15) is 163 Å². The van der Waals surface area contributed by atoms with Gasteiger partial charge in [-0.15, -0.1) is 0 Å². The Bertz CT molecular complexity index is 1140. The van der Waals surface area contributed by atoms with Crippen LogP contribution in [-0.2, 0) is 11.2 Å². The van der Waals surface area contributed by atoms with E-state index in [4.69, 9.17) is 9.47 Å². The first-order valence-corrected chi connectivity index (χ1v) is 19.8. The van der Waals surface area contributed by atoms with Crippen LogP contribution in [0.4, 0.5) is 4.79 Å². The lowest BCUT2D eigenvalue weighted by atomic mass is 9.47. The van der Waals surface area contributed by atoms with Crippen molar-refractivity contribution in [2.45, 2.75) is 170 Å². The van der Waals surface area contributed by atoms with E-state index in [2.05, 4.69) is 59.8 Å². The van der Waals surface area contributed by atoms with Gasteiger partial charge in [0, 0.05) is 6.42 Å². The third kappa shape index (κ3) is 8.26.